The summed E-state index contributed by atoms with van der Waals surface area (Å²) in [5, 5.41) is 5.67. The van der Waals surface area contributed by atoms with Crippen LogP contribution in [0, 0.1) is 5.82 Å². The molecule has 7 heteroatoms. The quantitative estimate of drug-likeness (QED) is 0.672. The molecule has 2 aromatic carbocycles. The molecule has 1 unspecified atom stereocenters. The van der Waals surface area contributed by atoms with Crippen LogP contribution < -0.4 is 15.4 Å². The van der Waals surface area contributed by atoms with Gasteiger partial charge in [-0.2, -0.15) is 0 Å². The molecule has 0 fully saturated rings. The minimum atomic E-state index is -0.316. The lowest BCUT2D eigenvalue weighted by atomic mass is 10.1. The van der Waals surface area contributed by atoms with Crippen molar-refractivity contribution in [1.29, 1.82) is 0 Å². The highest BCUT2D eigenvalue weighted by molar-refractivity contribution is 5.74. The van der Waals surface area contributed by atoms with Crippen molar-refractivity contribution >= 4 is 6.03 Å². The molecule has 0 saturated heterocycles. The predicted octanol–water partition coefficient (Wildman–Crippen LogP) is 3.28. The number of halogens is 1. The van der Waals surface area contributed by atoms with Crippen molar-refractivity contribution < 1.29 is 13.9 Å². The third-order valence-corrected chi connectivity index (χ3v) is 3.90. The van der Waals surface area contributed by atoms with Crippen molar-refractivity contribution in [2.24, 2.45) is 0 Å². The second-order valence-electron chi connectivity index (χ2n) is 6.09. The van der Waals surface area contributed by atoms with Gasteiger partial charge in [0, 0.05) is 18.9 Å². The number of carbonyl (C=O) groups is 1. The maximum Gasteiger partial charge on any atom is 0.315 e. The Balaban J connectivity index is 1.48. The number of ether oxygens (including phenoxy) is 1. The standard InChI is InChI=1S/C20H21FN4O2/c1-15(13-27-18-8-6-17(21)7-9-18)24-20(26)23-12-16-4-2-3-5-19(16)25-11-10-22-14-25/h2-11,14-15H,12-13H2,1H3,(H2,23,24,26). The van der Waals surface area contributed by atoms with E-state index < -0.39 is 0 Å². The molecule has 1 atom stereocenters. The van der Waals surface area contributed by atoms with Crippen LogP contribution >= 0.6 is 0 Å². The molecule has 3 rings (SSSR count). The predicted molar refractivity (Wildman–Crippen MR) is 100 cm³/mol. The van der Waals surface area contributed by atoms with E-state index >= 15 is 0 Å². The molecule has 2 amide bonds. The van der Waals surface area contributed by atoms with Gasteiger partial charge >= 0.3 is 6.03 Å². The summed E-state index contributed by atoms with van der Waals surface area (Å²) in [5.74, 6) is 0.239. The van der Waals surface area contributed by atoms with Crippen molar-refractivity contribution in [3.05, 3.63) is 78.6 Å². The Morgan fingerprint density at radius 3 is 2.74 bits per heavy atom. The number of imidazole rings is 1. The van der Waals surface area contributed by atoms with Crippen LogP contribution in [0.15, 0.2) is 67.3 Å². The first-order valence-electron chi connectivity index (χ1n) is 8.61. The van der Waals surface area contributed by atoms with Gasteiger partial charge in [-0.1, -0.05) is 18.2 Å². The van der Waals surface area contributed by atoms with Gasteiger partial charge in [0.25, 0.3) is 0 Å². The molecule has 140 valence electrons. The summed E-state index contributed by atoms with van der Waals surface area (Å²) >= 11 is 0. The number of urea groups is 1. The number of hydrogen-bond donors (Lipinski definition) is 2. The first-order chi connectivity index (χ1) is 13.1. The highest BCUT2D eigenvalue weighted by Gasteiger charge is 2.09. The van der Waals surface area contributed by atoms with Gasteiger partial charge in [-0.25, -0.2) is 14.2 Å². The smallest absolute Gasteiger partial charge is 0.315 e. The molecule has 1 aromatic heterocycles. The molecular weight excluding hydrogens is 347 g/mol. The van der Waals surface area contributed by atoms with Crippen LogP contribution in [0.2, 0.25) is 0 Å². The third-order valence-electron chi connectivity index (χ3n) is 3.90. The van der Waals surface area contributed by atoms with Gasteiger partial charge in [0.2, 0.25) is 0 Å². The summed E-state index contributed by atoms with van der Waals surface area (Å²) in [6.07, 6.45) is 5.28. The topological polar surface area (TPSA) is 68.2 Å². The maximum absolute atomic E-state index is 12.9. The van der Waals surface area contributed by atoms with Gasteiger partial charge in [-0.05, 0) is 42.8 Å². The maximum atomic E-state index is 12.9. The molecule has 2 N–H and O–H groups in total. The summed E-state index contributed by atoms with van der Waals surface area (Å²) in [4.78, 5) is 16.2. The summed E-state index contributed by atoms with van der Waals surface area (Å²) in [7, 11) is 0. The Hall–Kier alpha value is -3.35. The number of hydrogen-bond acceptors (Lipinski definition) is 3. The molecule has 0 aliphatic heterocycles. The Morgan fingerprint density at radius 2 is 2.00 bits per heavy atom. The monoisotopic (exact) mass is 368 g/mol. The van der Waals surface area contributed by atoms with Crippen LogP contribution in [0.25, 0.3) is 5.69 Å². The molecule has 0 saturated carbocycles. The fourth-order valence-electron chi connectivity index (χ4n) is 2.56. The van der Waals surface area contributed by atoms with E-state index in [1.807, 2.05) is 42.0 Å². The highest BCUT2D eigenvalue weighted by Crippen LogP contribution is 2.14. The number of nitrogens with one attached hydrogen (secondary N) is 2. The second kappa shape index (κ2) is 8.84. The molecule has 0 spiro atoms. The number of rotatable bonds is 7. The number of nitrogens with zero attached hydrogens (tertiary/aromatic N) is 2. The van der Waals surface area contributed by atoms with Crippen molar-refractivity contribution in [2.75, 3.05) is 6.61 Å². The van der Waals surface area contributed by atoms with E-state index in [9.17, 15) is 9.18 Å². The average Bonchev–Trinajstić information content (AvgIpc) is 3.21. The normalized spacial score (nSPS) is 11.6. The minimum Gasteiger partial charge on any atom is -0.491 e. The van der Waals surface area contributed by atoms with Crippen LogP contribution in [0.4, 0.5) is 9.18 Å². The van der Waals surface area contributed by atoms with Crippen molar-refractivity contribution in [3.8, 4) is 11.4 Å². The fourth-order valence-corrected chi connectivity index (χ4v) is 2.56. The first-order valence-corrected chi connectivity index (χ1v) is 8.61. The van der Waals surface area contributed by atoms with E-state index in [1.165, 1.54) is 12.1 Å². The third kappa shape index (κ3) is 5.31. The van der Waals surface area contributed by atoms with Crippen LogP contribution in [-0.4, -0.2) is 28.2 Å². The summed E-state index contributed by atoms with van der Waals surface area (Å²) in [5.41, 5.74) is 1.93. The molecule has 6 nitrogen and oxygen atoms in total. The molecule has 1 heterocycles. The lowest BCUT2D eigenvalue weighted by Crippen LogP contribution is -2.43. The van der Waals surface area contributed by atoms with E-state index in [1.54, 1.807) is 24.7 Å². The number of benzene rings is 2. The molecule has 0 aliphatic rings. The van der Waals surface area contributed by atoms with Crippen molar-refractivity contribution in [1.82, 2.24) is 20.2 Å². The molecule has 3 aromatic rings. The zero-order chi connectivity index (χ0) is 19.1. The Morgan fingerprint density at radius 1 is 1.22 bits per heavy atom. The fraction of sp³-hybridized carbons (Fsp3) is 0.200. The summed E-state index contributed by atoms with van der Waals surface area (Å²) < 4.78 is 20.3. The number of amides is 2. The van der Waals surface area contributed by atoms with Gasteiger partial charge in [-0.3, -0.25) is 0 Å². The summed E-state index contributed by atoms with van der Waals surface area (Å²) in [6.45, 7) is 2.50. The number of aromatic nitrogens is 2. The molecule has 0 bridgehead atoms. The minimum absolute atomic E-state index is 0.209. The van der Waals surface area contributed by atoms with Gasteiger partial charge in [0.05, 0.1) is 18.1 Å². The Labute approximate surface area is 157 Å². The van der Waals surface area contributed by atoms with Gasteiger partial charge in [-0.15, -0.1) is 0 Å². The van der Waals surface area contributed by atoms with Crippen LogP contribution in [0.3, 0.4) is 0 Å². The molecular formula is C20H21FN4O2. The molecule has 0 aliphatic carbocycles. The Bertz CT molecular complexity index is 866. The van der Waals surface area contributed by atoms with Gasteiger partial charge in [0.1, 0.15) is 18.2 Å². The van der Waals surface area contributed by atoms with Gasteiger partial charge in [0.15, 0.2) is 0 Å². The highest BCUT2D eigenvalue weighted by atomic mass is 19.1. The number of carbonyl (C=O) groups excluding carboxylic acids is 1. The zero-order valence-corrected chi connectivity index (χ0v) is 14.9. The Kier molecular flexibility index (Phi) is 6.04. The van der Waals surface area contributed by atoms with Crippen LogP contribution in [0.1, 0.15) is 12.5 Å². The lowest BCUT2D eigenvalue weighted by molar-refractivity contribution is 0.226. The largest absolute Gasteiger partial charge is 0.491 e. The second-order valence-corrected chi connectivity index (χ2v) is 6.09. The number of para-hydroxylation sites is 1. The van der Waals surface area contributed by atoms with E-state index in [0.717, 1.165) is 11.3 Å². The van der Waals surface area contributed by atoms with E-state index in [4.69, 9.17) is 4.74 Å². The SMILES string of the molecule is CC(COc1ccc(F)cc1)NC(=O)NCc1ccccc1-n1ccnc1. The van der Waals surface area contributed by atoms with E-state index in [2.05, 4.69) is 15.6 Å². The zero-order valence-electron chi connectivity index (χ0n) is 14.9. The summed E-state index contributed by atoms with van der Waals surface area (Å²) in [6, 6.07) is 13.1. The van der Waals surface area contributed by atoms with Gasteiger partial charge < -0.3 is 19.9 Å². The van der Waals surface area contributed by atoms with Crippen molar-refractivity contribution in [3.63, 3.8) is 0 Å². The molecule has 0 radical (unpaired) electrons. The average molecular weight is 368 g/mol. The van der Waals surface area contributed by atoms with Crippen LogP contribution in [-0.2, 0) is 6.54 Å². The lowest BCUT2D eigenvalue weighted by Gasteiger charge is -2.16. The van der Waals surface area contributed by atoms with E-state index in [-0.39, 0.29) is 24.5 Å². The van der Waals surface area contributed by atoms with E-state index in [0.29, 0.717) is 12.3 Å². The molecule has 27 heavy (non-hydrogen) atoms. The van der Waals surface area contributed by atoms with Crippen molar-refractivity contribution in [2.45, 2.75) is 19.5 Å². The first kappa shape index (κ1) is 18.4. The van der Waals surface area contributed by atoms with Crippen LogP contribution in [0.5, 0.6) is 5.75 Å².